The Morgan fingerprint density at radius 2 is 1.70 bits per heavy atom. The van der Waals surface area contributed by atoms with Gasteiger partial charge in [-0.05, 0) is 60.4 Å². The summed E-state index contributed by atoms with van der Waals surface area (Å²) in [6.07, 6.45) is 3.93. The summed E-state index contributed by atoms with van der Waals surface area (Å²) in [6.45, 7) is 1.83. The number of hydrogen-bond acceptors (Lipinski definition) is 3. The van der Waals surface area contributed by atoms with Gasteiger partial charge in [-0.2, -0.15) is 0 Å². The minimum atomic E-state index is -0.317. The Labute approximate surface area is 196 Å². The van der Waals surface area contributed by atoms with E-state index in [0.717, 1.165) is 42.0 Å². The lowest BCUT2D eigenvalue weighted by Crippen LogP contribution is -2.34. The number of rotatable bonds is 4. The van der Waals surface area contributed by atoms with Crippen LogP contribution < -0.4 is 4.90 Å². The first-order chi connectivity index (χ1) is 16.1. The van der Waals surface area contributed by atoms with E-state index in [2.05, 4.69) is 0 Å². The van der Waals surface area contributed by atoms with Gasteiger partial charge in [0.1, 0.15) is 5.82 Å². The zero-order valence-electron chi connectivity index (χ0n) is 18.0. The summed E-state index contributed by atoms with van der Waals surface area (Å²) in [5.41, 5.74) is 3.06. The van der Waals surface area contributed by atoms with Crippen molar-refractivity contribution in [2.45, 2.75) is 24.3 Å². The number of anilines is 1. The normalized spacial score (nSPS) is 16.9. The highest BCUT2D eigenvalue weighted by atomic mass is 32.2. The van der Waals surface area contributed by atoms with E-state index < -0.39 is 0 Å². The second-order valence-corrected chi connectivity index (χ2v) is 9.30. The summed E-state index contributed by atoms with van der Waals surface area (Å²) in [5, 5.41) is 0. The molecule has 4 nitrogen and oxygen atoms in total. The molecule has 3 aromatic carbocycles. The monoisotopic (exact) mass is 458 g/mol. The molecule has 0 unspecified atom stereocenters. The number of likely N-dealkylation sites (tertiary alicyclic amines) is 1. The third-order valence-electron chi connectivity index (χ3n) is 5.92. The van der Waals surface area contributed by atoms with Gasteiger partial charge in [0.2, 0.25) is 0 Å². The van der Waals surface area contributed by atoms with Gasteiger partial charge in [0.05, 0.1) is 17.1 Å². The lowest BCUT2D eigenvalue weighted by molar-refractivity contribution is -0.114. The van der Waals surface area contributed by atoms with Crippen LogP contribution in [0.5, 0.6) is 0 Å². The summed E-state index contributed by atoms with van der Waals surface area (Å²) in [4.78, 5) is 31.6. The van der Waals surface area contributed by atoms with E-state index in [1.165, 1.54) is 23.9 Å². The van der Waals surface area contributed by atoms with Gasteiger partial charge in [-0.1, -0.05) is 54.2 Å². The minimum absolute atomic E-state index is 0.0000979. The van der Waals surface area contributed by atoms with Crippen molar-refractivity contribution in [3.8, 4) is 0 Å². The molecule has 0 atom stereocenters. The fourth-order valence-electron chi connectivity index (χ4n) is 4.18. The molecular weight excluding hydrogens is 435 g/mol. The Hall–Kier alpha value is -3.38. The number of carbonyl (C=O) groups is 2. The second kappa shape index (κ2) is 9.24. The summed E-state index contributed by atoms with van der Waals surface area (Å²) >= 11 is 1.41. The van der Waals surface area contributed by atoms with Crippen molar-refractivity contribution in [1.29, 1.82) is 0 Å². The van der Waals surface area contributed by atoms with Crippen LogP contribution >= 0.6 is 11.8 Å². The van der Waals surface area contributed by atoms with E-state index in [9.17, 15) is 14.0 Å². The Kier molecular flexibility index (Phi) is 6.01. The van der Waals surface area contributed by atoms with E-state index in [4.69, 9.17) is 0 Å². The predicted octanol–water partition coefficient (Wildman–Crippen LogP) is 5.74. The topological polar surface area (TPSA) is 40.6 Å². The molecule has 33 heavy (non-hydrogen) atoms. The summed E-state index contributed by atoms with van der Waals surface area (Å²) < 4.78 is 13.4. The van der Waals surface area contributed by atoms with Gasteiger partial charge >= 0.3 is 0 Å². The Morgan fingerprint density at radius 3 is 2.42 bits per heavy atom. The highest BCUT2D eigenvalue weighted by Gasteiger charge is 2.31. The van der Waals surface area contributed by atoms with Crippen LogP contribution in [-0.2, 0) is 11.3 Å². The van der Waals surface area contributed by atoms with E-state index >= 15 is 0 Å². The molecular formula is C27H23FN2O2S. The number of halogens is 1. The molecule has 0 spiro atoms. The summed E-state index contributed by atoms with van der Waals surface area (Å²) in [7, 11) is 0. The molecule has 1 saturated heterocycles. The highest BCUT2D eigenvalue weighted by Crippen LogP contribution is 2.43. The Morgan fingerprint density at radius 1 is 0.970 bits per heavy atom. The fraction of sp³-hybridized carbons (Fsp3) is 0.185. The number of fused-ring (bicyclic) bond motifs is 1. The second-order valence-electron chi connectivity index (χ2n) is 8.22. The molecule has 3 aromatic rings. The van der Waals surface area contributed by atoms with Crippen LogP contribution in [0.3, 0.4) is 0 Å². The standard InChI is InChI=1S/C27H23FN2O2S/c28-22-11-8-20(9-12-22)18-30-23-17-21(26(31)29-14-4-5-15-29)10-13-24(23)33-25(27(30)32)16-19-6-2-1-3-7-19/h1-3,6-13,16-17H,4-5,14-15,18H2/b25-16-. The van der Waals surface area contributed by atoms with Crippen molar-refractivity contribution in [3.63, 3.8) is 0 Å². The molecule has 2 aliphatic rings. The quantitative estimate of drug-likeness (QED) is 0.468. The van der Waals surface area contributed by atoms with Gasteiger partial charge < -0.3 is 9.80 Å². The van der Waals surface area contributed by atoms with Crippen LogP contribution in [0.2, 0.25) is 0 Å². The summed E-state index contributed by atoms with van der Waals surface area (Å²) in [5.74, 6) is -0.450. The van der Waals surface area contributed by atoms with Gasteiger partial charge in [0.25, 0.3) is 11.8 Å². The van der Waals surface area contributed by atoms with Crippen LogP contribution in [0.4, 0.5) is 10.1 Å². The van der Waals surface area contributed by atoms with Crippen molar-refractivity contribution in [2.75, 3.05) is 18.0 Å². The third-order valence-corrected chi connectivity index (χ3v) is 6.99. The van der Waals surface area contributed by atoms with Crippen LogP contribution in [0, 0.1) is 5.82 Å². The first-order valence-corrected chi connectivity index (χ1v) is 11.8. The maximum absolute atomic E-state index is 13.6. The van der Waals surface area contributed by atoms with Crippen molar-refractivity contribution < 1.29 is 14.0 Å². The van der Waals surface area contributed by atoms with Crippen molar-refractivity contribution in [3.05, 3.63) is 100 Å². The van der Waals surface area contributed by atoms with Crippen LogP contribution in [0.15, 0.2) is 82.6 Å². The molecule has 0 N–H and O–H groups in total. The first-order valence-electron chi connectivity index (χ1n) is 11.0. The van der Waals surface area contributed by atoms with Gasteiger partial charge in [-0.25, -0.2) is 4.39 Å². The number of thioether (sulfide) groups is 1. The lowest BCUT2D eigenvalue weighted by Gasteiger charge is -2.31. The number of hydrogen-bond donors (Lipinski definition) is 0. The van der Waals surface area contributed by atoms with Gasteiger partial charge in [0.15, 0.2) is 0 Å². The fourth-order valence-corrected chi connectivity index (χ4v) is 5.22. The van der Waals surface area contributed by atoms with E-state index in [1.54, 1.807) is 17.0 Å². The van der Waals surface area contributed by atoms with E-state index in [0.29, 0.717) is 22.7 Å². The van der Waals surface area contributed by atoms with Crippen LogP contribution in [0.25, 0.3) is 6.08 Å². The molecule has 0 radical (unpaired) electrons. The molecule has 166 valence electrons. The maximum Gasteiger partial charge on any atom is 0.265 e. The lowest BCUT2D eigenvalue weighted by atomic mass is 10.1. The number of amides is 2. The minimum Gasteiger partial charge on any atom is -0.339 e. The molecule has 0 aliphatic carbocycles. The zero-order chi connectivity index (χ0) is 22.8. The average Bonchev–Trinajstić information content (AvgIpc) is 3.38. The molecule has 5 rings (SSSR count). The maximum atomic E-state index is 13.6. The first kappa shape index (κ1) is 21.5. The van der Waals surface area contributed by atoms with Crippen molar-refractivity contribution >= 4 is 35.3 Å². The average molecular weight is 459 g/mol. The predicted molar refractivity (Wildman–Crippen MR) is 129 cm³/mol. The third kappa shape index (κ3) is 4.57. The molecule has 0 bridgehead atoms. The smallest absolute Gasteiger partial charge is 0.265 e. The molecule has 2 amide bonds. The van der Waals surface area contributed by atoms with Crippen LogP contribution in [0.1, 0.15) is 34.3 Å². The van der Waals surface area contributed by atoms with Gasteiger partial charge in [-0.3, -0.25) is 9.59 Å². The Balaban J connectivity index is 1.54. The molecule has 2 aliphatic heterocycles. The largest absolute Gasteiger partial charge is 0.339 e. The van der Waals surface area contributed by atoms with Crippen LogP contribution in [-0.4, -0.2) is 29.8 Å². The SMILES string of the molecule is O=C(c1ccc2c(c1)N(Cc1ccc(F)cc1)C(=O)/C(=C/c1ccccc1)S2)N1CCCC1. The molecule has 2 heterocycles. The van der Waals surface area contributed by atoms with Gasteiger partial charge in [0, 0.05) is 23.5 Å². The van der Waals surface area contributed by atoms with Crippen molar-refractivity contribution in [1.82, 2.24) is 4.90 Å². The zero-order valence-corrected chi connectivity index (χ0v) is 18.9. The molecule has 1 fully saturated rings. The molecule has 0 aromatic heterocycles. The van der Waals surface area contributed by atoms with Crippen molar-refractivity contribution in [2.24, 2.45) is 0 Å². The highest BCUT2D eigenvalue weighted by molar-refractivity contribution is 8.04. The number of nitrogens with zero attached hydrogens (tertiary/aromatic N) is 2. The van der Waals surface area contributed by atoms with E-state index in [1.807, 2.05) is 59.5 Å². The number of benzene rings is 3. The molecule has 0 saturated carbocycles. The number of carbonyl (C=O) groups excluding carboxylic acids is 2. The molecule has 6 heteroatoms. The Bertz CT molecular complexity index is 1220. The van der Waals surface area contributed by atoms with E-state index in [-0.39, 0.29) is 17.6 Å². The summed E-state index contributed by atoms with van der Waals surface area (Å²) in [6, 6.07) is 21.5. The van der Waals surface area contributed by atoms with Gasteiger partial charge in [-0.15, -0.1) is 0 Å².